The summed E-state index contributed by atoms with van der Waals surface area (Å²) in [6.45, 7) is 7.21. The van der Waals surface area contributed by atoms with E-state index in [9.17, 15) is 43.2 Å². The van der Waals surface area contributed by atoms with Crippen molar-refractivity contribution in [2.75, 3.05) is 39.6 Å². The molecule has 0 bridgehead atoms. The molecule has 0 aromatic carbocycles. The van der Waals surface area contributed by atoms with E-state index < -0.39 is 97.5 Å². The maximum atomic E-state index is 13.0. The first kappa shape index (κ1) is 90.1. The van der Waals surface area contributed by atoms with Gasteiger partial charge in [-0.05, 0) is 31.6 Å². The van der Waals surface area contributed by atoms with Crippen molar-refractivity contribution in [3.63, 3.8) is 0 Å². The van der Waals surface area contributed by atoms with Crippen LogP contribution in [0.25, 0.3) is 0 Å². The Morgan fingerprint density at radius 1 is 0.293 bits per heavy atom. The maximum absolute atomic E-state index is 13.0. The van der Waals surface area contributed by atoms with Crippen LogP contribution in [0.1, 0.15) is 381 Å². The van der Waals surface area contributed by atoms with Crippen LogP contribution in [-0.2, 0) is 65.4 Å². The highest BCUT2D eigenvalue weighted by Crippen LogP contribution is 2.45. The number of rotatable bonds is 73. The van der Waals surface area contributed by atoms with Crippen molar-refractivity contribution in [1.82, 2.24) is 0 Å². The van der Waals surface area contributed by atoms with E-state index in [0.717, 1.165) is 102 Å². The molecular formula is C73H142O17P2. The fraction of sp³-hybridized carbons (Fsp3) is 0.945. The van der Waals surface area contributed by atoms with E-state index in [1.807, 2.05) is 0 Å². The summed E-state index contributed by atoms with van der Waals surface area (Å²) >= 11 is 0. The van der Waals surface area contributed by atoms with E-state index >= 15 is 0 Å². The topological polar surface area (TPSA) is 237 Å². The van der Waals surface area contributed by atoms with Gasteiger partial charge in [0.25, 0.3) is 0 Å². The highest BCUT2D eigenvalue weighted by atomic mass is 31.2. The highest BCUT2D eigenvalue weighted by molar-refractivity contribution is 7.47. The molecule has 0 saturated carbocycles. The number of unbranched alkanes of at least 4 members (excludes halogenated alkanes) is 45. The van der Waals surface area contributed by atoms with Gasteiger partial charge in [-0.25, -0.2) is 9.13 Å². The number of carbonyl (C=O) groups excluding carboxylic acids is 4. The van der Waals surface area contributed by atoms with Gasteiger partial charge in [0.15, 0.2) is 12.2 Å². The van der Waals surface area contributed by atoms with Gasteiger partial charge in [0.1, 0.15) is 19.3 Å². The molecular weight excluding hydrogens is 1210 g/mol. The molecule has 17 nitrogen and oxygen atoms in total. The second-order valence-electron chi connectivity index (χ2n) is 26.8. The van der Waals surface area contributed by atoms with Crippen LogP contribution >= 0.6 is 15.6 Å². The summed E-state index contributed by atoms with van der Waals surface area (Å²) in [5, 5.41) is 10.6. The lowest BCUT2D eigenvalue weighted by Gasteiger charge is -2.21. The molecule has 0 aliphatic heterocycles. The zero-order valence-corrected chi connectivity index (χ0v) is 61.5. The summed E-state index contributed by atoms with van der Waals surface area (Å²) < 4.78 is 68.2. The summed E-state index contributed by atoms with van der Waals surface area (Å²) in [6, 6.07) is 0. The second kappa shape index (κ2) is 66.3. The third-order valence-electron chi connectivity index (χ3n) is 17.0. The molecule has 5 atom stereocenters. The van der Waals surface area contributed by atoms with E-state index in [1.54, 1.807) is 0 Å². The minimum absolute atomic E-state index is 0.107. The molecule has 0 fully saturated rings. The van der Waals surface area contributed by atoms with Crippen LogP contribution in [0.3, 0.4) is 0 Å². The van der Waals surface area contributed by atoms with Crippen molar-refractivity contribution in [1.29, 1.82) is 0 Å². The summed E-state index contributed by atoms with van der Waals surface area (Å²) in [6.07, 6.45) is 54.4. The predicted octanol–water partition coefficient (Wildman–Crippen LogP) is 21.3. The van der Waals surface area contributed by atoms with Gasteiger partial charge in [-0.2, -0.15) is 0 Å². The van der Waals surface area contributed by atoms with Crippen molar-refractivity contribution < 1.29 is 80.2 Å². The largest absolute Gasteiger partial charge is 0.472 e. The average molecular weight is 1350 g/mol. The predicted molar refractivity (Wildman–Crippen MR) is 372 cm³/mol. The molecule has 0 aromatic rings. The van der Waals surface area contributed by atoms with Crippen LogP contribution in [0.4, 0.5) is 0 Å². The minimum Gasteiger partial charge on any atom is -0.462 e. The van der Waals surface area contributed by atoms with Crippen LogP contribution in [0.5, 0.6) is 0 Å². The number of phosphoric ester groups is 2. The van der Waals surface area contributed by atoms with Gasteiger partial charge in [-0.15, -0.1) is 0 Å². The van der Waals surface area contributed by atoms with Gasteiger partial charge in [0.2, 0.25) is 0 Å². The normalized spacial score (nSPS) is 14.0. The van der Waals surface area contributed by atoms with E-state index in [4.69, 9.17) is 37.0 Å². The Morgan fingerprint density at radius 3 is 0.739 bits per heavy atom. The third-order valence-corrected chi connectivity index (χ3v) is 18.9. The number of aliphatic hydroxyl groups excluding tert-OH is 1. The lowest BCUT2D eigenvalue weighted by molar-refractivity contribution is -0.161. The number of hydrogen-bond donors (Lipinski definition) is 3. The van der Waals surface area contributed by atoms with Gasteiger partial charge in [0, 0.05) is 25.7 Å². The first-order valence-corrected chi connectivity index (χ1v) is 41.1. The molecule has 0 saturated heterocycles. The molecule has 0 amide bonds. The van der Waals surface area contributed by atoms with E-state index in [1.165, 1.54) is 199 Å². The Balaban J connectivity index is 5.15. The molecule has 546 valence electrons. The first-order chi connectivity index (χ1) is 44.5. The minimum atomic E-state index is -4.95. The molecule has 0 radical (unpaired) electrons. The zero-order valence-electron chi connectivity index (χ0n) is 59.7. The Morgan fingerprint density at radius 2 is 0.500 bits per heavy atom. The van der Waals surface area contributed by atoms with Gasteiger partial charge >= 0.3 is 39.5 Å². The first-order valence-electron chi connectivity index (χ1n) is 38.1. The van der Waals surface area contributed by atoms with Crippen molar-refractivity contribution in [3.8, 4) is 0 Å². The number of esters is 4. The molecule has 19 heteroatoms. The van der Waals surface area contributed by atoms with Crippen molar-refractivity contribution >= 4 is 39.5 Å². The number of hydrogen-bond acceptors (Lipinski definition) is 15. The van der Waals surface area contributed by atoms with Crippen LogP contribution in [0.15, 0.2) is 0 Å². The van der Waals surface area contributed by atoms with E-state index in [0.29, 0.717) is 25.7 Å². The molecule has 3 N–H and O–H groups in total. The number of carbonyl (C=O) groups is 4. The average Bonchev–Trinajstić information content (AvgIpc) is 3.16. The smallest absolute Gasteiger partial charge is 0.462 e. The monoisotopic (exact) mass is 1350 g/mol. The van der Waals surface area contributed by atoms with Crippen molar-refractivity contribution in [2.24, 2.45) is 5.92 Å². The molecule has 2 unspecified atom stereocenters. The Hall–Kier alpha value is -1.94. The Kier molecular flexibility index (Phi) is 64.9. The molecule has 0 aromatic heterocycles. The fourth-order valence-corrected chi connectivity index (χ4v) is 12.8. The van der Waals surface area contributed by atoms with Crippen molar-refractivity contribution in [2.45, 2.75) is 400 Å². The maximum Gasteiger partial charge on any atom is 0.472 e. The number of aliphatic hydroxyl groups is 1. The van der Waals surface area contributed by atoms with Gasteiger partial charge in [0.05, 0.1) is 26.4 Å². The van der Waals surface area contributed by atoms with Crippen LogP contribution in [0.2, 0.25) is 0 Å². The Labute approximate surface area is 562 Å². The molecule has 0 rings (SSSR count). The molecule has 0 aliphatic carbocycles. The molecule has 92 heavy (non-hydrogen) atoms. The summed E-state index contributed by atoms with van der Waals surface area (Å²) in [5.41, 5.74) is 0. The highest BCUT2D eigenvalue weighted by Gasteiger charge is 2.30. The van der Waals surface area contributed by atoms with Gasteiger partial charge < -0.3 is 33.8 Å². The summed E-state index contributed by atoms with van der Waals surface area (Å²) in [5.74, 6) is -1.34. The summed E-state index contributed by atoms with van der Waals surface area (Å²) in [4.78, 5) is 72.4. The van der Waals surface area contributed by atoms with E-state index in [2.05, 4.69) is 34.6 Å². The van der Waals surface area contributed by atoms with Gasteiger partial charge in [-0.1, -0.05) is 330 Å². The molecule has 0 heterocycles. The van der Waals surface area contributed by atoms with Gasteiger partial charge in [-0.3, -0.25) is 37.3 Å². The summed E-state index contributed by atoms with van der Waals surface area (Å²) in [7, 11) is -9.90. The standard InChI is InChI=1S/C73H142O17P2/c1-6-9-12-15-17-19-21-23-25-27-30-34-38-42-47-52-57-71(76)84-63-69(90-73(78)59-54-49-44-40-36-32-28-29-33-37-41-46-50-55-66(4)5)65-88-92(81,82)86-61-67(74)60-85-91(79,80)87-64-68(62-83-70(75)56-51-45-14-11-8-3)89-72(77)58-53-48-43-39-35-31-26-24-22-20-18-16-13-10-7-2/h66-69,74H,6-65H2,1-5H3,(H,79,80)(H,81,82)/t67-,68+,69+/m0/s1. The lowest BCUT2D eigenvalue weighted by Crippen LogP contribution is -2.30. The number of phosphoric acid groups is 2. The molecule has 0 spiro atoms. The fourth-order valence-electron chi connectivity index (χ4n) is 11.2. The Bertz CT molecular complexity index is 1770. The second-order valence-corrected chi connectivity index (χ2v) is 29.7. The lowest BCUT2D eigenvalue weighted by atomic mass is 10.0. The van der Waals surface area contributed by atoms with Crippen molar-refractivity contribution in [3.05, 3.63) is 0 Å². The number of ether oxygens (including phenoxy) is 4. The van der Waals surface area contributed by atoms with Crippen LogP contribution in [-0.4, -0.2) is 96.7 Å². The van der Waals surface area contributed by atoms with Crippen LogP contribution < -0.4 is 0 Å². The SMILES string of the molecule is CCCCCCCCCCCCCCCCCCC(=O)OC[C@H](COP(=O)(O)OC[C@@H](O)COP(=O)(O)OC[C@@H](COC(=O)CCCCCCC)OC(=O)CCCCCCCCCCCCCCCCC)OC(=O)CCCCCCCCCCCCCCCC(C)C. The van der Waals surface area contributed by atoms with Crippen LogP contribution in [0, 0.1) is 5.92 Å². The zero-order chi connectivity index (χ0) is 67.7. The molecule has 0 aliphatic rings. The quantitative estimate of drug-likeness (QED) is 0.0222. The van der Waals surface area contributed by atoms with E-state index in [-0.39, 0.29) is 25.7 Å². The third kappa shape index (κ3) is 66.7.